The Morgan fingerprint density at radius 3 is 2.75 bits per heavy atom. The van der Waals surface area contributed by atoms with Gasteiger partial charge >= 0.3 is 0 Å². The highest BCUT2D eigenvalue weighted by molar-refractivity contribution is 5.79. The normalized spacial score (nSPS) is 29.9. The molecule has 0 aromatic heterocycles. The zero-order valence-electron chi connectivity index (χ0n) is 7.58. The van der Waals surface area contributed by atoms with Crippen molar-refractivity contribution in [3.8, 4) is 0 Å². The van der Waals surface area contributed by atoms with Crippen LogP contribution < -0.4 is 5.32 Å². The highest BCUT2D eigenvalue weighted by Crippen LogP contribution is 2.12. The maximum atomic E-state index is 11.4. The number of amides is 1. The average molecular weight is 172 g/mol. The molecule has 1 aliphatic rings. The molecule has 0 aromatic carbocycles. The van der Waals surface area contributed by atoms with E-state index < -0.39 is 6.10 Å². The van der Waals surface area contributed by atoms with E-state index in [-0.39, 0.29) is 11.8 Å². The molecule has 4 heteroatoms. The standard InChI is InChI=1S/C8H16N2O2/c1-10(2)8(12)6-5-9-4-3-7(6)11/h6-7,9,11H,3-5H2,1-2H3. The summed E-state index contributed by atoms with van der Waals surface area (Å²) in [6.45, 7) is 1.40. The van der Waals surface area contributed by atoms with Gasteiger partial charge in [-0.05, 0) is 13.0 Å². The van der Waals surface area contributed by atoms with Gasteiger partial charge in [0.1, 0.15) is 0 Å². The van der Waals surface area contributed by atoms with Crippen molar-refractivity contribution in [2.24, 2.45) is 5.92 Å². The summed E-state index contributed by atoms with van der Waals surface area (Å²) in [5, 5.41) is 12.6. The molecule has 0 bridgehead atoms. The Morgan fingerprint density at radius 1 is 1.58 bits per heavy atom. The molecule has 1 heterocycles. The van der Waals surface area contributed by atoms with Crippen LogP contribution >= 0.6 is 0 Å². The predicted octanol–water partition coefficient (Wildman–Crippen LogP) is -0.955. The molecule has 2 unspecified atom stereocenters. The number of carbonyl (C=O) groups excluding carboxylic acids is 1. The molecule has 12 heavy (non-hydrogen) atoms. The second-order valence-electron chi connectivity index (χ2n) is 3.40. The van der Waals surface area contributed by atoms with E-state index in [0.717, 1.165) is 6.54 Å². The van der Waals surface area contributed by atoms with E-state index >= 15 is 0 Å². The molecule has 1 amide bonds. The first-order valence-corrected chi connectivity index (χ1v) is 4.23. The van der Waals surface area contributed by atoms with E-state index in [0.29, 0.717) is 13.0 Å². The van der Waals surface area contributed by atoms with E-state index in [2.05, 4.69) is 5.32 Å². The highest BCUT2D eigenvalue weighted by atomic mass is 16.3. The number of hydrogen-bond donors (Lipinski definition) is 2. The lowest BCUT2D eigenvalue weighted by Crippen LogP contribution is -2.47. The molecule has 1 rings (SSSR count). The lowest BCUT2D eigenvalue weighted by Gasteiger charge is -2.29. The molecule has 1 aliphatic heterocycles. The molecule has 1 saturated heterocycles. The number of piperidine rings is 1. The Kier molecular flexibility index (Phi) is 3.05. The third-order valence-electron chi connectivity index (χ3n) is 2.20. The van der Waals surface area contributed by atoms with Crippen LogP contribution in [0, 0.1) is 5.92 Å². The van der Waals surface area contributed by atoms with Crippen LogP contribution in [0.4, 0.5) is 0 Å². The summed E-state index contributed by atoms with van der Waals surface area (Å²) >= 11 is 0. The number of aliphatic hydroxyl groups is 1. The number of rotatable bonds is 1. The van der Waals surface area contributed by atoms with Crippen molar-refractivity contribution in [2.75, 3.05) is 27.2 Å². The number of hydrogen-bond acceptors (Lipinski definition) is 3. The zero-order valence-corrected chi connectivity index (χ0v) is 7.58. The molecule has 2 atom stereocenters. The summed E-state index contributed by atoms with van der Waals surface area (Å²) < 4.78 is 0. The number of nitrogens with zero attached hydrogens (tertiary/aromatic N) is 1. The van der Waals surface area contributed by atoms with Gasteiger partial charge < -0.3 is 15.3 Å². The number of nitrogens with one attached hydrogen (secondary N) is 1. The SMILES string of the molecule is CN(C)C(=O)C1CNCCC1O. The first-order valence-electron chi connectivity index (χ1n) is 4.23. The maximum absolute atomic E-state index is 11.4. The second-order valence-corrected chi connectivity index (χ2v) is 3.40. The maximum Gasteiger partial charge on any atom is 0.229 e. The van der Waals surface area contributed by atoms with Gasteiger partial charge in [0.05, 0.1) is 12.0 Å². The van der Waals surface area contributed by atoms with Crippen molar-refractivity contribution < 1.29 is 9.90 Å². The molecular weight excluding hydrogens is 156 g/mol. The molecule has 0 aliphatic carbocycles. The molecule has 4 nitrogen and oxygen atoms in total. The van der Waals surface area contributed by atoms with Gasteiger partial charge in [0, 0.05) is 20.6 Å². The third-order valence-corrected chi connectivity index (χ3v) is 2.20. The average Bonchev–Trinajstić information content (AvgIpc) is 2.04. The number of carbonyl (C=O) groups is 1. The molecular formula is C8H16N2O2. The summed E-state index contributed by atoms with van der Waals surface area (Å²) in [6, 6.07) is 0. The fourth-order valence-corrected chi connectivity index (χ4v) is 1.43. The van der Waals surface area contributed by atoms with Crippen LogP contribution in [0.5, 0.6) is 0 Å². The van der Waals surface area contributed by atoms with Gasteiger partial charge in [0.15, 0.2) is 0 Å². The van der Waals surface area contributed by atoms with Crippen molar-refractivity contribution in [1.82, 2.24) is 10.2 Å². The van der Waals surface area contributed by atoms with Crippen molar-refractivity contribution in [3.63, 3.8) is 0 Å². The lowest BCUT2D eigenvalue weighted by atomic mass is 9.95. The van der Waals surface area contributed by atoms with Gasteiger partial charge in [0.2, 0.25) is 5.91 Å². The zero-order chi connectivity index (χ0) is 9.14. The first kappa shape index (κ1) is 9.48. The topological polar surface area (TPSA) is 52.6 Å². The second kappa shape index (κ2) is 3.87. The van der Waals surface area contributed by atoms with Crippen LogP contribution in [-0.2, 0) is 4.79 Å². The van der Waals surface area contributed by atoms with Crippen LogP contribution in [0.15, 0.2) is 0 Å². The molecule has 0 radical (unpaired) electrons. The van der Waals surface area contributed by atoms with Gasteiger partial charge in [-0.25, -0.2) is 0 Å². The van der Waals surface area contributed by atoms with Crippen LogP contribution in [0.25, 0.3) is 0 Å². The van der Waals surface area contributed by atoms with Gasteiger partial charge in [-0.1, -0.05) is 0 Å². The molecule has 0 spiro atoms. The fourth-order valence-electron chi connectivity index (χ4n) is 1.43. The quantitative estimate of drug-likeness (QED) is 0.536. The smallest absolute Gasteiger partial charge is 0.229 e. The molecule has 2 N–H and O–H groups in total. The lowest BCUT2D eigenvalue weighted by molar-refractivity contribution is -0.137. The van der Waals surface area contributed by atoms with Crippen LogP contribution in [0.2, 0.25) is 0 Å². The van der Waals surface area contributed by atoms with Crippen molar-refractivity contribution >= 4 is 5.91 Å². The van der Waals surface area contributed by atoms with Gasteiger partial charge in [-0.3, -0.25) is 4.79 Å². The molecule has 0 saturated carbocycles. The van der Waals surface area contributed by atoms with E-state index in [1.54, 1.807) is 14.1 Å². The molecule has 0 aromatic rings. The van der Waals surface area contributed by atoms with E-state index in [1.165, 1.54) is 4.90 Å². The Hall–Kier alpha value is -0.610. The van der Waals surface area contributed by atoms with E-state index in [9.17, 15) is 9.90 Å². The minimum absolute atomic E-state index is 0.00898. The Balaban J connectivity index is 2.53. The van der Waals surface area contributed by atoms with Gasteiger partial charge in [-0.2, -0.15) is 0 Å². The van der Waals surface area contributed by atoms with E-state index in [4.69, 9.17) is 0 Å². The first-order chi connectivity index (χ1) is 5.63. The Morgan fingerprint density at radius 2 is 2.25 bits per heavy atom. The fraction of sp³-hybridized carbons (Fsp3) is 0.875. The van der Waals surface area contributed by atoms with Crippen LogP contribution in [0.1, 0.15) is 6.42 Å². The van der Waals surface area contributed by atoms with Gasteiger partial charge in [-0.15, -0.1) is 0 Å². The summed E-state index contributed by atoms with van der Waals surface area (Å²) in [5.41, 5.74) is 0. The minimum Gasteiger partial charge on any atom is -0.392 e. The van der Waals surface area contributed by atoms with Crippen molar-refractivity contribution in [1.29, 1.82) is 0 Å². The van der Waals surface area contributed by atoms with Crippen molar-refractivity contribution in [2.45, 2.75) is 12.5 Å². The van der Waals surface area contributed by atoms with Crippen LogP contribution in [0.3, 0.4) is 0 Å². The molecule has 70 valence electrons. The van der Waals surface area contributed by atoms with E-state index in [1.807, 2.05) is 0 Å². The summed E-state index contributed by atoms with van der Waals surface area (Å²) in [7, 11) is 3.42. The van der Waals surface area contributed by atoms with Gasteiger partial charge in [0.25, 0.3) is 0 Å². The van der Waals surface area contributed by atoms with Crippen LogP contribution in [-0.4, -0.2) is 49.2 Å². The predicted molar refractivity (Wildman–Crippen MR) is 45.7 cm³/mol. The van der Waals surface area contributed by atoms with Crippen molar-refractivity contribution in [3.05, 3.63) is 0 Å². The summed E-state index contributed by atoms with van der Waals surface area (Å²) in [4.78, 5) is 13.0. The highest BCUT2D eigenvalue weighted by Gasteiger charge is 2.29. The Labute approximate surface area is 72.6 Å². The third kappa shape index (κ3) is 1.95. The minimum atomic E-state index is -0.471. The summed E-state index contributed by atoms with van der Waals surface area (Å²) in [6.07, 6.45) is 0.200. The molecule has 1 fully saturated rings. The largest absolute Gasteiger partial charge is 0.392 e. The summed E-state index contributed by atoms with van der Waals surface area (Å²) in [5.74, 6) is -0.247. The Bertz CT molecular complexity index is 170. The number of aliphatic hydroxyl groups excluding tert-OH is 1. The monoisotopic (exact) mass is 172 g/mol.